The molecule has 0 heterocycles. The molecule has 0 bridgehead atoms. The molecule has 1 rings (SSSR count). The molecule has 0 saturated heterocycles. The molecule has 0 fully saturated rings. The molecule has 0 radical (unpaired) electrons. The molecule has 0 aliphatic heterocycles. The second-order valence-corrected chi connectivity index (χ2v) is 6.02. The molecule has 9 heteroatoms. The summed E-state index contributed by atoms with van der Waals surface area (Å²) in [5.41, 5.74) is -0.120. The van der Waals surface area contributed by atoms with E-state index in [2.05, 4.69) is 0 Å². The molecule has 20 heavy (non-hydrogen) atoms. The summed E-state index contributed by atoms with van der Waals surface area (Å²) in [6, 6.07) is 3.37. The molecule has 3 N–H and O–H groups in total. The van der Waals surface area contributed by atoms with E-state index in [1.807, 2.05) is 13.8 Å². The van der Waals surface area contributed by atoms with Crippen molar-refractivity contribution in [3.8, 4) is 0 Å². The van der Waals surface area contributed by atoms with Crippen LogP contribution in [0.5, 0.6) is 0 Å². The van der Waals surface area contributed by atoms with Gasteiger partial charge < -0.3 is 10.0 Å². The number of sulfonamides is 1. The van der Waals surface area contributed by atoms with Crippen LogP contribution in [-0.4, -0.2) is 37.6 Å². The van der Waals surface area contributed by atoms with Crippen LogP contribution in [0.2, 0.25) is 0 Å². The van der Waals surface area contributed by atoms with Crippen LogP contribution in [0.3, 0.4) is 0 Å². The van der Waals surface area contributed by atoms with E-state index in [1.54, 1.807) is 4.90 Å². The number of hydrogen-bond donors (Lipinski definition) is 2. The number of nitro groups is 1. The first-order valence-electron chi connectivity index (χ1n) is 5.87. The Kier molecular flexibility index (Phi) is 5.03. The molecular formula is C11H17N3O5S. The summed E-state index contributed by atoms with van der Waals surface area (Å²) in [4.78, 5) is 11.7. The van der Waals surface area contributed by atoms with Gasteiger partial charge in [-0.15, -0.1) is 0 Å². The SMILES string of the molecule is CC(C)N(CCO)c1ccc(S(N)(=O)=O)cc1[N+](=O)[O-]. The Morgan fingerprint density at radius 2 is 2.05 bits per heavy atom. The van der Waals surface area contributed by atoms with Crippen LogP contribution in [0.25, 0.3) is 0 Å². The van der Waals surface area contributed by atoms with Gasteiger partial charge in [0.25, 0.3) is 5.69 Å². The molecule has 8 nitrogen and oxygen atoms in total. The second kappa shape index (κ2) is 6.16. The Morgan fingerprint density at radius 3 is 2.45 bits per heavy atom. The summed E-state index contributed by atoms with van der Waals surface area (Å²) in [5, 5.41) is 25.1. The van der Waals surface area contributed by atoms with Crippen molar-refractivity contribution in [1.29, 1.82) is 0 Å². The van der Waals surface area contributed by atoms with E-state index < -0.39 is 14.9 Å². The van der Waals surface area contributed by atoms with Crippen molar-refractivity contribution >= 4 is 21.4 Å². The maximum Gasteiger partial charge on any atom is 0.293 e. The first-order chi connectivity index (χ1) is 9.18. The van der Waals surface area contributed by atoms with Crippen LogP contribution in [0.15, 0.2) is 23.1 Å². The van der Waals surface area contributed by atoms with Gasteiger partial charge in [-0.25, -0.2) is 13.6 Å². The zero-order valence-corrected chi connectivity index (χ0v) is 12.0. The molecule has 0 aromatic heterocycles. The standard InChI is InChI=1S/C11H17N3O5S/c1-8(2)13(5-6-15)10-4-3-9(20(12,18)19)7-11(10)14(16)17/h3-4,7-8,15H,5-6H2,1-2H3,(H2,12,18,19). The van der Waals surface area contributed by atoms with E-state index in [1.165, 1.54) is 12.1 Å². The third-order valence-electron chi connectivity index (χ3n) is 2.75. The number of nitrogens with two attached hydrogens (primary N) is 1. The highest BCUT2D eigenvalue weighted by Gasteiger charge is 2.24. The van der Waals surface area contributed by atoms with Gasteiger partial charge in [-0.3, -0.25) is 10.1 Å². The minimum absolute atomic E-state index is 0.0961. The Labute approximate surface area is 117 Å². The van der Waals surface area contributed by atoms with Gasteiger partial charge in [0.15, 0.2) is 0 Å². The van der Waals surface area contributed by atoms with Gasteiger partial charge in [-0.05, 0) is 26.0 Å². The van der Waals surface area contributed by atoms with E-state index in [4.69, 9.17) is 10.2 Å². The highest BCUT2D eigenvalue weighted by Crippen LogP contribution is 2.31. The van der Waals surface area contributed by atoms with Crippen molar-refractivity contribution in [2.45, 2.75) is 24.8 Å². The van der Waals surface area contributed by atoms with Crippen molar-refractivity contribution in [3.05, 3.63) is 28.3 Å². The smallest absolute Gasteiger partial charge is 0.293 e. The Hall–Kier alpha value is -1.71. The Morgan fingerprint density at radius 1 is 1.45 bits per heavy atom. The van der Waals surface area contributed by atoms with Crippen LogP contribution in [0.1, 0.15) is 13.8 Å². The van der Waals surface area contributed by atoms with Crippen LogP contribution < -0.4 is 10.0 Å². The average Bonchev–Trinajstić information content (AvgIpc) is 2.33. The summed E-state index contributed by atoms with van der Waals surface area (Å²) in [5.74, 6) is 0. The van der Waals surface area contributed by atoms with Crippen LogP contribution in [0.4, 0.5) is 11.4 Å². The number of aliphatic hydroxyl groups excluding tert-OH is 1. The van der Waals surface area contributed by atoms with Gasteiger partial charge in [-0.2, -0.15) is 0 Å². The van der Waals surface area contributed by atoms with Crippen LogP contribution in [-0.2, 0) is 10.0 Å². The fraction of sp³-hybridized carbons (Fsp3) is 0.455. The fourth-order valence-corrected chi connectivity index (χ4v) is 2.37. The molecule has 0 saturated carbocycles. The van der Waals surface area contributed by atoms with Gasteiger partial charge in [0.05, 0.1) is 16.4 Å². The lowest BCUT2D eigenvalue weighted by Gasteiger charge is -2.27. The Balaban J connectivity index is 3.43. The average molecular weight is 303 g/mol. The lowest BCUT2D eigenvalue weighted by molar-refractivity contribution is -0.384. The van der Waals surface area contributed by atoms with Crippen LogP contribution in [0, 0.1) is 10.1 Å². The molecule has 1 aromatic carbocycles. The number of rotatable bonds is 6. The number of primary sulfonamides is 1. The van der Waals surface area contributed by atoms with Gasteiger partial charge in [0.2, 0.25) is 10.0 Å². The minimum atomic E-state index is -4.01. The fourth-order valence-electron chi connectivity index (χ4n) is 1.83. The summed E-state index contributed by atoms with van der Waals surface area (Å²) in [6.07, 6.45) is 0. The lowest BCUT2D eigenvalue weighted by Crippen LogP contribution is -2.34. The Bertz CT molecular complexity index is 600. The molecule has 0 amide bonds. The first kappa shape index (κ1) is 16.3. The summed E-state index contributed by atoms with van der Waals surface area (Å²) < 4.78 is 22.5. The van der Waals surface area contributed by atoms with Gasteiger partial charge in [0.1, 0.15) is 5.69 Å². The summed E-state index contributed by atoms with van der Waals surface area (Å²) in [6.45, 7) is 3.65. The van der Waals surface area contributed by atoms with Crippen molar-refractivity contribution in [1.82, 2.24) is 0 Å². The normalized spacial score (nSPS) is 11.7. The predicted molar refractivity (Wildman–Crippen MR) is 74.0 cm³/mol. The maximum absolute atomic E-state index is 11.3. The van der Waals surface area contributed by atoms with Crippen LogP contribution >= 0.6 is 0 Å². The highest BCUT2D eigenvalue weighted by molar-refractivity contribution is 7.89. The van der Waals surface area contributed by atoms with E-state index in [-0.39, 0.29) is 35.5 Å². The van der Waals surface area contributed by atoms with Gasteiger partial charge >= 0.3 is 0 Å². The summed E-state index contributed by atoms with van der Waals surface area (Å²) in [7, 11) is -4.01. The topological polar surface area (TPSA) is 127 Å². The maximum atomic E-state index is 11.3. The zero-order valence-electron chi connectivity index (χ0n) is 11.2. The van der Waals surface area contributed by atoms with E-state index >= 15 is 0 Å². The molecule has 0 atom stereocenters. The number of aliphatic hydroxyl groups is 1. The quantitative estimate of drug-likeness (QED) is 0.580. The van der Waals surface area contributed by atoms with Crippen molar-refractivity contribution < 1.29 is 18.4 Å². The highest BCUT2D eigenvalue weighted by atomic mass is 32.2. The molecule has 0 aliphatic carbocycles. The number of anilines is 1. The molecule has 112 valence electrons. The lowest BCUT2D eigenvalue weighted by atomic mass is 10.2. The van der Waals surface area contributed by atoms with E-state index in [0.29, 0.717) is 0 Å². The third-order valence-corrected chi connectivity index (χ3v) is 3.66. The number of benzene rings is 1. The van der Waals surface area contributed by atoms with E-state index in [9.17, 15) is 18.5 Å². The molecule has 0 spiro atoms. The number of hydrogen-bond acceptors (Lipinski definition) is 6. The molecule has 0 aliphatic rings. The minimum Gasteiger partial charge on any atom is -0.395 e. The molecule has 0 unspecified atom stereocenters. The summed E-state index contributed by atoms with van der Waals surface area (Å²) >= 11 is 0. The van der Waals surface area contributed by atoms with Crippen molar-refractivity contribution in [2.75, 3.05) is 18.1 Å². The molecular weight excluding hydrogens is 286 g/mol. The zero-order chi connectivity index (χ0) is 15.5. The second-order valence-electron chi connectivity index (χ2n) is 4.46. The third kappa shape index (κ3) is 3.65. The predicted octanol–water partition coefficient (Wildman–Crippen LogP) is 0.449. The van der Waals surface area contributed by atoms with Crippen molar-refractivity contribution in [3.63, 3.8) is 0 Å². The first-order valence-corrected chi connectivity index (χ1v) is 7.42. The number of nitro benzene ring substituents is 1. The van der Waals surface area contributed by atoms with E-state index in [0.717, 1.165) is 6.07 Å². The largest absolute Gasteiger partial charge is 0.395 e. The number of nitrogens with zero attached hydrogens (tertiary/aromatic N) is 2. The van der Waals surface area contributed by atoms with Crippen molar-refractivity contribution in [2.24, 2.45) is 5.14 Å². The van der Waals surface area contributed by atoms with Gasteiger partial charge in [-0.1, -0.05) is 0 Å². The van der Waals surface area contributed by atoms with Gasteiger partial charge in [0, 0.05) is 18.7 Å². The molecule has 1 aromatic rings. The monoisotopic (exact) mass is 303 g/mol.